The van der Waals surface area contributed by atoms with Crippen LogP contribution in [0.4, 0.5) is 0 Å². The highest BCUT2D eigenvalue weighted by Crippen LogP contribution is 2.23. The molecular weight excluding hydrogens is 282 g/mol. The average molecular weight is 301 g/mol. The van der Waals surface area contributed by atoms with Gasteiger partial charge in [-0.25, -0.2) is 8.42 Å². The van der Waals surface area contributed by atoms with Crippen molar-refractivity contribution >= 4 is 15.9 Å². The SMILES string of the molecule is Cc1[nH]ncc1S(=O)(=O)N(CC(N)=O)C1CCNCC1. The summed E-state index contributed by atoms with van der Waals surface area (Å²) < 4.78 is 26.6. The predicted molar refractivity (Wildman–Crippen MR) is 72.3 cm³/mol. The van der Waals surface area contributed by atoms with Crippen LogP contribution in [0.5, 0.6) is 0 Å². The van der Waals surface area contributed by atoms with Gasteiger partial charge in [-0.15, -0.1) is 0 Å². The molecule has 0 bridgehead atoms. The fraction of sp³-hybridized carbons (Fsp3) is 0.636. The third kappa shape index (κ3) is 3.00. The molecule has 2 heterocycles. The Morgan fingerprint density at radius 2 is 2.15 bits per heavy atom. The van der Waals surface area contributed by atoms with Crippen molar-refractivity contribution in [2.75, 3.05) is 19.6 Å². The lowest BCUT2D eigenvalue weighted by molar-refractivity contribution is -0.118. The molecule has 1 aliphatic rings. The van der Waals surface area contributed by atoms with Gasteiger partial charge in [0.15, 0.2) is 0 Å². The van der Waals surface area contributed by atoms with Crippen LogP contribution in [0.3, 0.4) is 0 Å². The molecule has 8 nitrogen and oxygen atoms in total. The van der Waals surface area contributed by atoms with Crippen LogP contribution in [0.2, 0.25) is 0 Å². The van der Waals surface area contributed by atoms with Crippen LogP contribution in [0.25, 0.3) is 0 Å². The van der Waals surface area contributed by atoms with Gasteiger partial charge in [-0.2, -0.15) is 9.40 Å². The minimum atomic E-state index is -3.77. The highest BCUT2D eigenvalue weighted by atomic mass is 32.2. The molecule has 0 aliphatic carbocycles. The van der Waals surface area contributed by atoms with E-state index >= 15 is 0 Å². The van der Waals surface area contributed by atoms with Crippen LogP contribution >= 0.6 is 0 Å². The van der Waals surface area contributed by atoms with Gasteiger partial charge in [0.25, 0.3) is 0 Å². The van der Waals surface area contributed by atoms with Crippen molar-refractivity contribution in [3.8, 4) is 0 Å². The standard InChI is InChI=1S/C11H19N5O3S/c1-8-10(6-14-15-8)20(18,19)16(7-11(12)17)9-2-4-13-5-3-9/h6,9,13H,2-5,7H2,1H3,(H2,12,17)(H,14,15). The maximum absolute atomic E-state index is 12.7. The summed E-state index contributed by atoms with van der Waals surface area (Å²) in [6.45, 7) is 2.77. The number of nitrogens with one attached hydrogen (secondary N) is 2. The van der Waals surface area contributed by atoms with Gasteiger partial charge in [0.2, 0.25) is 15.9 Å². The zero-order chi connectivity index (χ0) is 14.8. The van der Waals surface area contributed by atoms with Gasteiger partial charge >= 0.3 is 0 Å². The smallest absolute Gasteiger partial charge is 0.247 e. The summed E-state index contributed by atoms with van der Waals surface area (Å²) in [5.74, 6) is -0.659. The Morgan fingerprint density at radius 3 is 2.65 bits per heavy atom. The summed E-state index contributed by atoms with van der Waals surface area (Å²) in [6.07, 6.45) is 2.58. The number of hydrogen-bond acceptors (Lipinski definition) is 5. The second-order valence-electron chi connectivity index (χ2n) is 4.86. The summed E-state index contributed by atoms with van der Waals surface area (Å²) in [5.41, 5.74) is 5.66. The first-order chi connectivity index (χ1) is 9.43. The van der Waals surface area contributed by atoms with Crippen LogP contribution in [-0.4, -0.2) is 54.5 Å². The largest absolute Gasteiger partial charge is 0.369 e. The third-order valence-electron chi connectivity index (χ3n) is 3.40. The minimum Gasteiger partial charge on any atom is -0.369 e. The molecule has 112 valence electrons. The number of piperidine rings is 1. The number of carbonyl (C=O) groups excluding carboxylic acids is 1. The molecule has 0 unspecified atom stereocenters. The fourth-order valence-electron chi connectivity index (χ4n) is 2.38. The van der Waals surface area contributed by atoms with E-state index in [9.17, 15) is 13.2 Å². The molecule has 9 heteroatoms. The van der Waals surface area contributed by atoms with E-state index in [2.05, 4.69) is 15.5 Å². The van der Waals surface area contributed by atoms with Gasteiger partial charge < -0.3 is 11.1 Å². The van der Waals surface area contributed by atoms with E-state index in [1.165, 1.54) is 10.5 Å². The molecule has 1 aromatic heterocycles. The van der Waals surface area contributed by atoms with E-state index in [-0.39, 0.29) is 17.5 Å². The minimum absolute atomic E-state index is 0.0947. The van der Waals surface area contributed by atoms with E-state index in [0.29, 0.717) is 18.5 Å². The molecule has 0 aromatic carbocycles. The number of rotatable bonds is 5. The lowest BCUT2D eigenvalue weighted by atomic mass is 10.1. The Balaban J connectivity index is 2.34. The number of primary amides is 1. The maximum atomic E-state index is 12.7. The number of nitrogens with two attached hydrogens (primary N) is 1. The highest BCUT2D eigenvalue weighted by Gasteiger charge is 2.34. The van der Waals surface area contributed by atoms with Crippen molar-refractivity contribution in [3.63, 3.8) is 0 Å². The number of amides is 1. The Bertz CT molecular complexity index is 577. The lowest BCUT2D eigenvalue weighted by Gasteiger charge is -2.32. The van der Waals surface area contributed by atoms with Gasteiger partial charge in [0.05, 0.1) is 18.4 Å². The zero-order valence-electron chi connectivity index (χ0n) is 11.3. The van der Waals surface area contributed by atoms with Crippen LogP contribution in [0, 0.1) is 6.92 Å². The molecule has 0 atom stereocenters. The van der Waals surface area contributed by atoms with Gasteiger partial charge in [0, 0.05) is 6.04 Å². The Kier molecular flexibility index (Phi) is 4.41. The monoisotopic (exact) mass is 301 g/mol. The van der Waals surface area contributed by atoms with Crippen molar-refractivity contribution in [2.45, 2.75) is 30.7 Å². The number of H-pyrrole nitrogens is 1. The van der Waals surface area contributed by atoms with Crippen molar-refractivity contribution in [1.29, 1.82) is 0 Å². The van der Waals surface area contributed by atoms with E-state index in [1.54, 1.807) is 6.92 Å². The summed E-state index contributed by atoms with van der Waals surface area (Å²) in [4.78, 5) is 11.3. The van der Waals surface area contributed by atoms with Gasteiger partial charge in [-0.3, -0.25) is 9.89 Å². The second kappa shape index (κ2) is 5.90. The maximum Gasteiger partial charge on any atom is 0.247 e. The average Bonchev–Trinajstić information content (AvgIpc) is 2.83. The van der Waals surface area contributed by atoms with E-state index in [0.717, 1.165) is 13.1 Å². The highest BCUT2D eigenvalue weighted by molar-refractivity contribution is 7.89. The summed E-state index contributed by atoms with van der Waals surface area (Å²) in [7, 11) is -3.77. The molecule has 1 fully saturated rings. The first-order valence-electron chi connectivity index (χ1n) is 6.43. The number of aromatic amines is 1. The van der Waals surface area contributed by atoms with Crippen LogP contribution < -0.4 is 11.1 Å². The molecule has 0 radical (unpaired) electrons. The number of hydrogen-bond donors (Lipinski definition) is 3. The number of aryl methyl sites for hydroxylation is 1. The van der Waals surface area contributed by atoms with Crippen molar-refractivity contribution in [2.24, 2.45) is 5.73 Å². The van der Waals surface area contributed by atoms with Crippen molar-refractivity contribution in [1.82, 2.24) is 19.8 Å². The van der Waals surface area contributed by atoms with Crippen LogP contribution in [0.1, 0.15) is 18.5 Å². The lowest BCUT2D eigenvalue weighted by Crippen LogP contribution is -2.49. The number of nitrogens with zero attached hydrogens (tertiary/aromatic N) is 2. The van der Waals surface area contributed by atoms with E-state index in [4.69, 9.17) is 5.73 Å². The third-order valence-corrected chi connectivity index (χ3v) is 5.41. The summed E-state index contributed by atoms with van der Waals surface area (Å²) in [6, 6.07) is -0.219. The fourth-order valence-corrected chi connectivity index (χ4v) is 4.16. The molecule has 20 heavy (non-hydrogen) atoms. The number of carbonyl (C=O) groups is 1. The number of aromatic nitrogens is 2. The molecule has 1 aromatic rings. The van der Waals surface area contributed by atoms with Gasteiger partial charge in [-0.1, -0.05) is 0 Å². The zero-order valence-corrected chi connectivity index (χ0v) is 12.1. The van der Waals surface area contributed by atoms with Crippen LogP contribution in [-0.2, 0) is 14.8 Å². The quantitative estimate of drug-likeness (QED) is 0.640. The Hall–Kier alpha value is -1.45. The van der Waals surface area contributed by atoms with Crippen LogP contribution in [0.15, 0.2) is 11.1 Å². The molecule has 2 rings (SSSR count). The van der Waals surface area contributed by atoms with Crippen molar-refractivity contribution in [3.05, 3.63) is 11.9 Å². The molecule has 1 saturated heterocycles. The molecule has 0 saturated carbocycles. The summed E-state index contributed by atoms with van der Waals surface area (Å²) in [5, 5.41) is 9.50. The molecule has 1 amide bonds. The van der Waals surface area contributed by atoms with E-state index < -0.39 is 15.9 Å². The Labute approximate surface area is 117 Å². The molecule has 4 N–H and O–H groups in total. The normalized spacial score (nSPS) is 17.5. The predicted octanol–water partition coefficient (Wildman–Crippen LogP) is -1.05. The second-order valence-corrected chi connectivity index (χ2v) is 6.72. The topological polar surface area (TPSA) is 121 Å². The van der Waals surface area contributed by atoms with Crippen molar-refractivity contribution < 1.29 is 13.2 Å². The van der Waals surface area contributed by atoms with Gasteiger partial charge in [-0.05, 0) is 32.9 Å². The molecule has 0 spiro atoms. The summed E-state index contributed by atoms with van der Waals surface area (Å²) >= 11 is 0. The molecular formula is C11H19N5O3S. The Morgan fingerprint density at radius 1 is 1.50 bits per heavy atom. The first-order valence-corrected chi connectivity index (χ1v) is 7.87. The molecule has 1 aliphatic heterocycles. The van der Waals surface area contributed by atoms with Gasteiger partial charge in [0.1, 0.15) is 4.90 Å². The first kappa shape index (κ1) is 14.9. The van der Waals surface area contributed by atoms with E-state index in [1.807, 2.05) is 0 Å². The number of sulfonamides is 1.